The van der Waals surface area contributed by atoms with E-state index in [9.17, 15) is 0 Å². The van der Waals surface area contributed by atoms with Gasteiger partial charge in [0.25, 0.3) is 0 Å². The Labute approximate surface area is 47.4 Å². The van der Waals surface area contributed by atoms with Crippen molar-refractivity contribution < 1.29 is 5.11 Å². The molecule has 4 heteroatoms. The summed E-state index contributed by atoms with van der Waals surface area (Å²) in [5.74, 6) is 0. The third-order valence-corrected chi connectivity index (χ3v) is 2.24. The first-order valence-electron chi connectivity index (χ1n) is 1.29. The molecule has 1 nitrogen and oxygen atoms in total. The maximum atomic E-state index is 8.07. The van der Waals surface area contributed by atoms with Crippen LogP contribution in [0.1, 0.15) is 0 Å². The van der Waals surface area contributed by atoms with Gasteiger partial charge in [-0.2, -0.15) is 0 Å². The average molecular weight is 202 g/mol. The molecule has 0 saturated carbocycles. The Morgan fingerprint density at radius 3 is 2.60 bits per heavy atom. The molecule has 0 bridgehead atoms. The molecule has 0 aromatic rings. The molecule has 0 saturated heterocycles. The highest BCUT2D eigenvalue weighted by molar-refractivity contribution is 14.1. The van der Waals surface area contributed by atoms with Crippen molar-refractivity contribution in [2.75, 3.05) is 6.35 Å². The van der Waals surface area contributed by atoms with Crippen molar-refractivity contribution in [3.8, 4) is 0 Å². The van der Waals surface area contributed by atoms with Crippen LogP contribution in [0.3, 0.4) is 0 Å². The molecule has 0 fully saturated rings. The van der Waals surface area contributed by atoms with E-state index >= 15 is 0 Å². The Kier molecular flexibility index (Phi) is 6.41. The highest BCUT2D eigenvalue weighted by Gasteiger charge is 1.73. The minimum Gasteiger partial charge on any atom is -0.393 e. The summed E-state index contributed by atoms with van der Waals surface area (Å²) in [5, 5.41) is 8.07. The lowest BCUT2D eigenvalue weighted by molar-refractivity contribution is 0.374. The van der Waals surface area contributed by atoms with Crippen LogP contribution in [-0.2, 0) is 0 Å². The lowest BCUT2D eigenvalue weighted by atomic mass is 10.8. The smallest absolute Gasteiger partial charge is 0.227 e. The molecule has 0 aliphatic carbocycles. The van der Waals surface area contributed by atoms with Crippen LogP contribution in [0.5, 0.6) is 0 Å². The van der Waals surface area contributed by atoms with Gasteiger partial charge in [-0.15, -0.1) is 30.8 Å². The average Bonchev–Trinajstić information content (AvgIpc) is 1.41. The monoisotopic (exact) mass is 202 g/mol. The fraction of sp³-hybridized carbons (Fsp3) is 1.00. The van der Waals surface area contributed by atoms with Gasteiger partial charge in [0.15, 0.2) is 0 Å². The summed E-state index contributed by atoms with van der Waals surface area (Å²) in [5.41, 5.74) is 0. The first-order valence-corrected chi connectivity index (χ1v) is 4.23. The van der Waals surface area contributed by atoms with Crippen molar-refractivity contribution >= 4 is 35.7 Å². The van der Waals surface area contributed by atoms with Gasteiger partial charge in [-0.1, -0.05) is 0 Å². The molecular weight excluding hydrogens is 197 g/mol. The van der Waals surface area contributed by atoms with E-state index in [1.807, 2.05) is 0 Å². The predicted octanol–water partition coefficient (Wildman–Crippen LogP) is 0.316. The summed E-state index contributed by atoms with van der Waals surface area (Å²) in [6.07, 6.45) is 0.364. The van der Waals surface area contributed by atoms with Crippen molar-refractivity contribution in [1.82, 2.24) is 0 Å². The fourth-order valence-corrected chi connectivity index (χ4v) is 0.850. The van der Waals surface area contributed by atoms with Crippen LogP contribution in [0.15, 0.2) is 0 Å². The van der Waals surface area contributed by atoms with Gasteiger partial charge < -0.3 is 5.11 Å². The van der Waals surface area contributed by atoms with Crippen LogP contribution in [0.2, 0.25) is 0 Å². The Balaban J connectivity index is 2.19. The summed E-state index contributed by atoms with van der Waals surface area (Å²) < 4.78 is 0. The summed E-state index contributed by atoms with van der Waals surface area (Å²) in [6.45, 7) is 0. The minimum atomic E-state index is 0.364. The molecule has 0 aliphatic heterocycles. The summed E-state index contributed by atoms with van der Waals surface area (Å²) in [7, 11) is 0.740. The molecule has 0 spiro atoms. The summed E-state index contributed by atoms with van der Waals surface area (Å²) in [4.78, 5) is 1.09. The molecule has 0 radical (unpaired) electrons. The van der Waals surface area contributed by atoms with Crippen molar-refractivity contribution in [1.29, 1.82) is 0 Å². The quantitative estimate of drug-likeness (QED) is 0.388. The zero-order chi connectivity index (χ0) is 4.12. The number of aliphatic hydroxyl groups is 1. The molecular formula is CH5BIOP. The van der Waals surface area contributed by atoms with Crippen LogP contribution < -0.4 is 0 Å². The molecule has 0 amide bonds. The fourth-order valence-electron chi connectivity index (χ4n) is 0.0423. The first-order chi connectivity index (χ1) is 2.41. The standard InChI is InChI=1S/CH5BIOP/c3-2-5-1-4/h2,4-5H,1H2. The van der Waals surface area contributed by atoms with E-state index in [0.717, 1.165) is 13.3 Å². The van der Waals surface area contributed by atoms with E-state index in [-0.39, 0.29) is 0 Å². The highest BCUT2D eigenvalue weighted by Crippen LogP contribution is 2.05. The number of halogens is 1. The Bertz CT molecular complexity index is 19.1. The maximum absolute atomic E-state index is 8.07. The SMILES string of the molecule is OCPBI. The Morgan fingerprint density at radius 2 is 2.60 bits per heavy atom. The van der Waals surface area contributed by atoms with E-state index < -0.39 is 0 Å². The number of hydrogen-bond acceptors (Lipinski definition) is 1. The number of hydrogen-bond donors (Lipinski definition) is 1. The number of aliphatic hydroxyl groups excluding tert-OH is 1. The summed E-state index contributed by atoms with van der Waals surface area (Å²) in [6, 6.07) is 0. The van der Waals surface area contributed by atoms with Gasteiger partial charge >= 0.3 is 0 Å². The maximum Gasteiger partial charge on any atom is 0.227 e. The molecule has 1 unspecified atom stereocenters. The predicted molar refractivity (Wildman–Crippen MR) is 36.6 cm³/mol. The normalized spacial score (nSPS) is 10.0. The van der Waals surface area contributed by atoms with Gasteiger partial charge in [-0.25, -0.2) is 0 Å². The van der Waals surface area contributed by atoms with E-state index in [4.69, 9.17) is 5.11 Å². The topological polar surface area (TPSA) is 20.2 Å². The molecule has 1 N–H and O–H groups in total. The van der Waals surface area contributed by atoms with Gasteiger partial charge in [0.1, 0.15) is 0 Å². The second-order valence-electron chi connectivity index (χ2n) is 0.542. The molecule has 0 aromatic carbocycles. The van der Waals surface area contributed by atoms with Crippen LogP contribution in [0.4, 0.5) is 0 Å². The molecule has 0 aromatic heterocycles. The minimum absolute atomic E-state index is 0.364. The second kappa shape index (κ2) is 5.18. The molecule has 0 rings (SSSR count). The molecule has 30 valence electrons. The van der Waals surface area contributed by atoms with Crippen LogP contribution in [0, 0.1) is 0 Å². The van der Waals surface area contributed by atoms with Gasteiger partial charge in [-0.05, 0) is 0 Å². The van der Waals surface area contributed by atoms with Gasteiger partial charge in [-0.3, -0.25) is 0 Å². The zero-order valence-electron chi connectivity index (χ0n) is 2.74. The van der Waals surface area contributed by atoms with E-state index in [2.05, 4.69) is 22.4 Å². The molecule has 5 heavy (non-hydrogen) atoms. The first kappa shape index (κ1) is 6.18. The third-order valence-electron chi connectivity index (χ3n) is 0.206. The molecule has 0 aliphatic rings. The highest BCUT2D eigenvalue weighted by atomic mass is 127. The molecule has 1 atom stereocenters. The lowest BCUT2D eigenvalue weighted by Crippen LogP contribution is -1.66. The van der Waals surface area contributed by atoms with E-state index in [1.165, 1.54) is 0 Å². The second-order valence-corrected chi connectivity index (χ2v) is 3.91. The van der Waals surface area contributed by atoms with Crippen LogP contribution >= 0.6 is 30.8 Å². The number of rotatable bonds is 2. The van der Waals surface area contributed by atoms with Crippen molar-refractivity contribution in [3.05, 3.63) is 0 Å². The van der Waals surface area contributed by atoms with Crippen molar-refractivity contribution in [2.45, 2.75) is 0 Å². The van der Waals surface area contributed by atoms with Gasteiger partial charge in [0.05, 0.1) is 6.35 Å². The summed E-state index contributed by atoms with van der Waals surface area (Å²) >= 11 is 2.24. The van der Waals surface area contributed by atoms with E-state index in [1.54, 1.807) is 0 Å². The van der Waals surface area contributed by atoms with Gasteiger partial charge in [0, 0.05) is 0 Å². The van der Waals surface area contributed by atoms with Crippen LogP contribution in [0.25, 0.3) is 0 Å². The van der Waals surface area contributed by atoms with Gasteiger partial charge in [0.2, 0.25) is 4.86 Å². The largest absolute Gasteiger partial charge is 0.393 e. The third kappa shape index (κ3) is 5.18. The Hall–Kier alpha value is 1.18. The van der Waals surface area contributed by atoms with Crippen LogP contribution in [-0.4, -0.2) is 16.3 Å². The zero-order valence-corrected chi connectivity index (χ0v) is 5.90. The van der Waals surface area contributed by atoms with Crippen molar-refractivity contribution in [3.63, 3.8) is 0 Å². The Morgan fingerprint density at radius 1 is 2.00 bits per heavy atom. The van der Waals surface area contributed by atoms with E-state index in [0.29, 0.717) is 6.35 Å². The molecule has 0 heterocycles. The lowest BCUT2D eigenvalue weighted by Gasteiger charge is -1.76. The van der Waals surface area contributed by atoms with Crippen molar-refractivity contribution in [2.24, 2.45) is 0 Å².